The summed E-state index contributed by atoms with van der Waals surface area (Å²) in [6.07, 6.45) is -4.66. The molecule has 3 rings (SSSR count). The van der Waals surface area contributed by atoms with Gasteiger partial charge in [-0.15, -0.1) is 0 Å². The van der Waals surface area contributed by atoms with E-state index in [1.54, 1.807) is 0 Å². The molecule has 0 saturated carbocycles. The van der Waals surface area contributed by atoms with Crippen LogP contribution in [0.1, 0.15) is 15.9 Å². The topological polar surface area (TPSA) is 57.7 Å². The number of amides is 1. The molecule has 2 aromatic rings. The van der Waals surface area contributed by atoms with Crippen molar-refractivity contribution in [2.24, 2.45) is 0 Å². The van der Waals surface area contributed by atoms with E-state index in [1.807, 2.05) is 0 Å². The van der Waals surface area contributed by atoms with Gasteiger partial charge in [-0.2, -0.15) is 17.5 Å². The molecule has 0 atom stereocenters. The summed E-state index contributed by atoms with van der Waals surface area (Å²) >= 11 is 5.89. The Bertz CT molecular complexity index is 1040. The first-order chi connectivity index (χ1) is 13.5. The molecule has 0 unspecified atom stereocenters. The highest BCUT2D eigenvalue weighted by Crippen LogP contribution is 2.31. The van der Waals surface area contributed by atoms with Crippen molar-refractivity contribution in [1.82, 2.24) is 9.21 Å². The largest absolute Gasteiger partial charge is 0.416 e. The molecule has 1 amide bonds. The Hall–Kier alpha value is -2.17. The van der Waals surface area contributed by atoms with Gasteiger partial charge in [-0.1, -0.05) is 17.7 Å². The number of alkyl halides is 3. The molecule has 0 aliphatic carbocycles. The molecular formula is C18H15ClF4N2O3S. The molecule has 0 N–H and O–H groups in total. The second-order valence-corrected chi connectivity index (χ2v) is 8.69. The zero-order valence-corrected chi connectivity index (χ0v) is 16.4. The maximum atomic E-state index is 13.1. The van der Waals surface area contributed by atoms with Crippen LogP contribution >= 0.6 is 11.6 Å². The van der Waals surface area contributed by atoms with Gasteiger partial charge in [0.2, 0.25) is 10.0 Å². The summed E-state index contributed by atoms with van der Waals surface area (Å²) in [7, 11) is -4.15. The van der Waals surface area contributed by atoms with Gasteiger partial charge in [0.25, 0.3) is 5.91 Å². The quantitative estimate of drug-likeness (QED) is 0.671. The van der Waals surface area contributed by atoms with Crippen LogP contribution in [0.25, 0.3) is 0 Å². The molecule has 1 aliphatic heterocycles. The van der Waals surface area contributed by atoms with Gasteiger partial charge in [0, 0.05) is 26.2 Å². The first kappa shape index (κ1) is 21.5. The molecule has 11 heteroatoms. The van der Waals surface area contributed by atoms with Crippen LogP contribution in [0.2, 0.25) is 5.02 Å². The third-order valence-corrected chi connectivity index (χ3v) is 6.69. The molecule has 1 fully saturated rings. The zero-order valence-electron chi connectivity index (χ0n) is 14.8. The van der Waals surface area contributed by atoms with Crippen LogP contribution in [-0.2, 0) is 16.2 Å². The molecule has 0 spiro atoms. The third-order valence-electron chi connectivity index (χ3n) is 4.49. The predicted molar refractivity (Wildman–Crippen MR) is 97.5 cm³/mol. The van der Waals surface area contributed by atoms with Gasteiger partial charge >= 0.3 is 6.18 Å². The maximum Gasteiger partial charge on any atom is 0.416 e. The second-order valence-electron chi connectivity index (χ2n) is 6.35. The number of hydrogen-bond donors (Lipinski definition) is 0. The van der Waals surface area contributed by atoms with Crippen LogP contribution in [0.4, 0.5) is 17.6 Å². The Labute approximate surface area is 169 Å². The Balaban J connectivity index is 1.74. The molecule has 2 aromatic carbocycles. The fraction of sp³-hybridized carbons (Fsp3) is 0.278. The summed E-state index contributed by atoms with van der Waals surface area (Å²) in [5.41, 5.74) is -0.972. The smallest absolute Gasteiger partial charge is 0.336 e. The van der Waals surface area contributed by atoms with Crippen molar-refractivity contribution in [3.8, 4) is 0 Å². The number of carbonyl (C=O) groups excluding carboxylic acids is 1. The number of hydrogen-bond acceptors (Lipinski definition) is 3. The monoisotopic (exact) mass is 450 g/mol. The number of nitrogens with zero attached hydrogens (tertiary/aromatic N) is 2. The van der Waals surface area contributed by atoms with Crippen LogP contribution in [0.15, 0.2) is 47.4 Å². The summed E-state index contributed by atoms with van der Waals surface area (Å²) < 4.78 is 78.2. The van der Waals surface area contributed by atoms with Crippen LogP contribution in [0.5, 0.6) is 0 Å². The number of rotatable bonds is 3. The first-order valence-corrected chi connectivity index (χ1v) is 10.2. The van der Waals surface area contributed by atoms with Crippen LogP contribution in [0, 0.1) is 5.82 Å². The average Bonchev–Trinajstić information content (AvgIpc) is 2.67. The summed E-state index contributed by atoms with van der Waals surface area (Å²) in [6, 6.07) is 6.85. The standard InChI is InChI=1S/C18H15ClF4N2O3S/c19-16-11-13(20)4-5-15(16)17(26)24-6-8-25(9-7-24)29(27,28)14-3-1-2-12(10-14)18(21,22)23/h1-5,10-11H,6-9H2. The summed E-state index contributed by atoms with van der Waals surface area (Å²) in [6.45, 7) is -0.151. The highest BCUT2D eigenvalue weighted by molar-refractivity contribution is 7.89. The first-order valence-electron chi connectivity index (χ1n) is 8.42. The fourth-order valence-electron chi connectivity index (χ4n) is 2.95. The van der Waals surface area contributed by atoms with Gasteiger partial charge in [-0.25, -0.2) is 12.8 Å². The maximum absolute atomic E-state index is 13.1. The molecule has 0 radical (unpaired) electrons. The minimum atomic E-state index is -4.66. The Morgan fingerprint density at radius 3 is 2.24 bits per heavy atom. The third kappa shape index (κ3) is 4.54. The van der Waals surface area contributed by atoms with E-state index >= 15 is 0 Å². The van der Waals surface area contributed by atoms with E-state index in [1.165, 1.54) is 11.0 Å². The van der Waals surface area contributed by atoms with Crippen molar-refractivity contribution < 1.29 is 30.8 Å². The lowest BCUT2D eigenvalue weighted by atomic mass is 10.2. The SMILES string of the molecule is O=C(c1ccc(F)cc1Cl)N1CCN(S(=O)(=O)c2cccc(C(F)(F)F)c2)CC1. The zero-order chi connectivity index (χ0) is 21.4. The van der Waals surface area contributed by atoms with Crippen molar-refractivity contribution in [1.29, 1.82) is 0 Å². The summed E-state index contributed by atoms with van der Waals surface area (Å²) in [4.78, 5) is 13.4. The molecule has 1 heterocycles. The number of carbonyl (C=O) groups is 1. The van der Waals surface area contributed by atoms with E-state index in [-0.39, 0.29) is 36.8 Å². The fourth-order valence-corrected chi connectivity index (χ4v) is 4.66. The lowest BCUT2D eigenvalue weighted by Crippen LogP contribution is -2.50. The van der Waals surface area contributed by atoms with Gasteiger partial charge in [-0.3, -0.25) is 4.79 Å². The molecule has 5 nitrogen and oxygen atoms in total. The summed E-state index contributed by atoms with van der Waals surface area (Å²) in [5.74, 6) is -1.07. The Morgan fingerprint density at radius 1 is 1.00 bits per heavy atom. The van der Waals surface area contributed by atoms with Gasteiger partial charge < -0.3 is 4.90 Å². The normalized spacial score (nSPS) is 16.1. The van der Waals surface area contributed by atoms with Crippen LogP contribution in [-0.4, -0.2) is 49.7 Å². The number of sulfonamides is 1. The van der Waals surface area contributed by atoms with Crippen molar-refractivity contribution in [2.75, 3.05) is 26.2 Å². The van der Waals surface area contributed by atoms with E-state index in [9.17, 15) is 30.8 Å². The lowest BCUT2D eigenvalue weighted by molar-refractivity contribution is -0.137. The molecule has 1 saturated heterocycles. The number of piperazine rings is 1. The average molecular weight is 451 g/mol. The van der Waals surface area contributed by atoms with E-state index in [0.29, 0.717) is 6.07 Å². The van der Waals surface area contributed by atoms with E-state index < -0.39 is 38.4 Å². The van der Waals surface area contributed by atoms with Crippen LogP contribution in [0.3, 0.4) is 0 Å². The Morgan fingerprint density at radius 2 is 1.66 bits per heavy atom. The van der Waals surface area contributed by atoms with Crippen molar-refractivity contribution >= 4 is 27.5 Å². The molecule has 156 valence electrons. The number of halogens is 5. The summed E-state index contributed by atoms with van der Waals surface area (Å²) in [5, 5.41) is -0.0611. The second kappa shape index (κ2) is 7.92. The molecule has 0 bridgehead atoms. The predicted octanol–water partition coefficient (Wildman–Crippen LogP) is 3.64. The molecule has 0 aromatic heterocycles. The lowest BCUT2D eigenvalue weighted by Gasteiger charge is -2.34. The van der Waals surface area contributed by atoms with Crippen molar-refractivity contribution in [2.45, 2.75) is 11.1 Å². The van der Waals surface area contributed by atoms with Gasteiger partial charge in [0.15, 0.2) is 0 Å². The van der Waals surface area contributed by atoms with Crippen LogP contribution < -0.4 is 0 Å². The number of benzene rings is 2. The highest BCUT2D eigenvalue weighted by atomic mass is 35.5. The minimum Gasteiger partial charge on any atom is -0.336 e. The molecule has 29 heavy (non-hydrogen) atoms. The van der Waals surface area contributed by atoms with Crippen molar-refractivity contribution in [3.05, 3.63) is 64.4 Å². The highest BCUT2D eigenvalue weighted by Gasteiger charge is 2.34. The minimum absolute atomic E-state index is 0.0186. The van der Waals surface area contributed by atoms with E-state index in [0.717, 1.165) is 34.6 Å². The van der Waals surface area contributed by atoms with Crippen molar-refractivity contribution in [3.63, 3.8) is 0 Å². The van der Waals surface area contributed by atoms with E-state index in [4.69, 9.17) is 11.6 Å². The van der Waals surface area contributed by atoms with Gasteiger partial charge in [0.1, 0.15) is 5.82 Å². The van der Waals surface area contributed by atoms with E-state index in [2.05, 4.69) is 0 Å². The molecular weight excluding hydrogens is 436 g/mol. The van der Waals surface area contributed by atoms with Gasteiger partial charge in [0.05, 0.1) is 21.0 Å². The van der Waals surface area contributed by atoms with Gasteiger partial charge in [-0.05, 0) is 36.4 Å². The molecule has 1 aliphatic rings. The Kier molecular flexibility index (Phi) is 5.88.